The molecule has 1 unspecified atom stereocenters. The molecule has 1 aromatic heterocycles. The Morgan fingerprint density at radius 3 is 2.51 bits per heavy atom. The van der Waals surface area contributed by atoms with E-state index in [-0.39, 0.29) is 12.5 Å². The number of hydrogen-bond acceptors (Lipinski definition) is 4. The first-order valence-electron chi connectivity index (χ1n) is 14.3. The van der Waals surface area contributed by atoms with E-state index < -0.39 is 11.9 Å². The number of aryl methyl sites for hydroxylation is 2. The number of aromatic nitrogens is 1. The van der Waals surface area contributed by atoms with Crippen LogP contribution in [0.15, 0.2) is 91.6 Å². The van der Waals surface area contributed by atoms with Crippen LogP contribution in [0.1, 0.15) is 27.0 Å². The van der Waals surface area contributed by atoms with Crippen molar-refractivity contribution in [3.63, 3.8) is 0 Å². The third-order valence-corrected chi connectivity index (χ3v) is 8.05. The number of nitrogens with one attached hydrogen (secondary N) is 2. The molecule has 1 aliphatic rings. The number of amides is 1. The van der Waals surface area contributed by atoms with Gasteiger partial charge in [0.05, 0.1) is 19.8 Å². The van der Waals surface area contributed by atoms with Crippen LogP contribution >= 0.6 is 0 Å². The van der Waals surface area contributed by atoms with Crippen molar-refractivity contribution in [3.05, 3.63) is 120 Å². The highest BCUT2D eigenvalue weighted by molar-refractivity contribution is 6.03. The zero-order valence-corrected chi connectivity index (χ0v) is 24.0. The second-order valence-corrected chi connectivity index (χ2v) is 10.7. The minimum absolute atomic E-state index is 0.252. The van der Waals surface area contributed by atoms with Crippen LogP contribution < -0.4 is 14.8 Å². The maximum Gasteiger partial charge on any atom is 0.252 e. The third kappa shape index (κ3) is 5.51. The highest BCUT2D eigenvalue weighted by Crippen LogP contribution is 2.43. The standard InChI is InChI=1S/C36H33FN2O4/c1-3-14-43-35-19-29-23(17-34(35)42-2)13-12-22-16-30(27-9-4-6-10-32(27)37)31(18-28(22)29)36(41)39-25(21-40)15-24-20-38-33-11-7-5-8-26(24)33/h3-11,16-20,25,38,40H,1,12-15,21H2,2H3,(H,39,41). The number of aliphatic hydroxyl groups excluding tert-OH is 1. The molecule has 0 saturated heterocycles. The van der Waals surface area contributed by atoms with Gasteiger partial charge in [-0.2, -0.15) is 0 Å². The molecule has 5 aromatic rings. The van der Waals surface area contributed by atoms with E-state index in [1.807, 2.05) is 54.7 Å². The van der Waals surface area contributed by atoms with Crippen molar-refractivity contribution >= 4 is 16.8 Å². The Balaban J connectivity index is 1.42. The van der Waals surface area contributed by atoms with Crippen LogP contribution in [-0.4, -0.2) is 42.4 Å². The average Bonchev–Trinajstić information content (AvgIpc) is 3.45. The van der Waals surface area contributed by atoms with Crippen LogP contribution in [-0.2, 0) is 19.3 Å². The topological polar surface area (TPSA) is 83.6 Å². The molecule has 0 bridgehead atoms. The molecule has 0 saturated carbocycles. The molecule has 0 fully saturated rings. The fourth-order valence-corrected chi connectivity index (χ4v) is 5.93. The predicted octanol–water partition coefficient (Wildman–Crippen LogP) is 6.65. The molecule has 1 atom stereocenters. The number of carbonyl (C=O) groups is 1. The van der Waals surface area contributed by atoms with Crippen molar-refractivity contribution in [2.75, 3.05) is 20.3 Å². The summed E-state index contributed by atoms with van der Waals surface area (Å²) >= 11 is 0. The fourth-order valence-electron chi connectivity index (χ4n) is 5.93. The summed E-state index contributed by atoms with van der Waals surface area (Å²) in [5.74, 6) is 0.420. The summed E-state index contributed by atoms with van der Waals surface area (Å²) in [5, 5.41) is 14.3. The number of rotatable bonds is 10. The molecule has 0 radical (unpaired) electrons. The number of methoxy groups -OCH3 is 1. The molecule has 6 rings (SSSR count). The molecule has 43 heavy (non-hydrogen) atoms. The SMILES string of the molecule is C=CCOc1cc2c(cc1OC)CCc1cc(-c3ccccc3F)c(C(=O)NC(CO)Cc3c[nH]c4ccccc34)cc1-2. The minimum atomic E-state index is -0.549. The monoisotopic (exact) mass is 576 g/mol. The molecule has 4 aromatic carbocycles. The fraction of sp³-hybridized carbons (Fsp3) is 0.194. The number of aromatic amines is 1. The van der Waals surface area contributed by atoms with Crippen LogP contribution in [0.25, 0.3) is 33.2 Å². The van der Waals surface area contributed by atoms with Crippen molar-refractivity contribution in [3.8, 4) is 33.8 Å². The zero-order valence-electron chi connectivity index (χ0n) is 24.0. The molecule has 6 nitrogen and oxygen atoms in total. The van der Waals surface area contributed by atoms with Gasteiger partial charge in [0.15, 0.2) is 11.5 Å². The van der Waals surface area contributed by atoms with E-state index in [1.165, 1.54) is 6.07 Å². The van der Waals surface area contributed by atoms with Gasteiger partial charge in [-0.3, -0.25) is 4.79 Å². The lowest BCUT2D eigenvalue weighted by atomic mass is 9.82. The molecule has 3 N–H and O–H groups in total. The molecule has 1 heterocycles. The second-order valence-electron chi connectivity index (χ2n) is 10.7. The number of aliphatic hydroxyl groups is 1. The summed E-state index contributed by atoms with van der Waals surface area (Å²) < 4.78 is 26.6. The maximum absolute atomic E-state index is 15.2. The van der Waals surface area contributed by atoms with Crippen molar-refractivity contribution < 1.29 is 23.8 Å². The Hall–Kier alpha value is -4.88. The molecule has 0 spiro atoms. The summed E-state index contributed by atoms with van der Waals surface area (Å²) in [6.07, 6.45) is 5.49. The van der Waals surface area contributed by atoms with Gasteiger partial charge in [-0.25, -0.2) is 4.39 Å². The first-order valence-corrected chi connectivity index (χ1v) is 14.3. The van der Waals surface area contributed by atoms with Crippen LogP contribution in [0.3, 0.4) is 0 Å². The Labute approximate surface area is 249 Å². The predicted molar refractivity (Wildman–Crippen MR) is 167 cm³/mol. The van der Waals surface area contributed by atoms with Gasteiger partial charge >= 0.3 is 0 Å². The summed E-state index contributed by atoms with van der Waals surface area (Å²) in [7, 11) is 1.61. The average molecular weight is 577 g/mol. The van der Waals surface area contributed by atoms with E-state index in [1.54, 1.807) is 31.4 Å². The minimum Gasteiger partial charge on any atom is -0.493 e. The summed E-state index contributed by atoms with van der Waals surface area (Å²) in [6.45, 7) is 3.81. The number of hydrogen-bond donors (Lipinski definition) is 3. The van der Waals surface area contributed by atoms with E-state index in [9.17, 15) is 9.90 Å². The molecule has 0 aliphatic heterocycles. The van der Waals surface area contributed by atoms with Gasteiger partial charge < -0.3 is 24.9 Å². The lowest BCUT2D eigenvalue weighted by Gasteiger charge is -2.25. The first kappa shape index (κ1) is 28.2. The van der Waals surface area contributed by atoms with Crippen molar-refractivity contribution in [2.45, 2.75) is 25.3 Å². The Bertz CT molecular complexity index is 1830. The van der Waals surface area contributed by atoms with Crippen LogP contribution in [0.5, 0.6) is 11.5 Å². The second kappa shape index (κ2) is 12.2. The molecule has 7 heteroatoms. The van der Waals surface area contributed by atoms with Crippen LogP contribution in [0.2, 0.25) is 0 Å². The van der Waals surface area contributed by atoms with Gasteiger partial charge in [0.25, 0.3) is 5.91 Å². The number of H-pyrrole nitrogens is 1. The molecule has 1 aliphatic carbocycles. The Morgan fingerprint density at radius 2 is 1.74 bits per heavy atom. The number of fused-ring (bicyclic) bond motifs is 4. The largest absolute Gasteiger partial charge is 0.493 e. The van der Waals surface area contributed by atoms with Crippen molar-refractivity contribution in [1.29, 1.82) is 0 Å². The van der Waals surface area contributed by atoms with Crippen LogP contribution in [0.4, 0.5) is 4.39 Å². The Kier molecular flexibility index (Phi) is 7.99. The summed E-state index contributed by atoms with van der Waals surface area (Å²) in [4.78, 5) is 17.3. The van der Waals surface area contributed by atoms with E-state index in [0.29, 0.717) is 41.2 Å². The molecule has 218 valence electrons. The summed E-state index contributed by atoms with van der Waals surface area (Å²) in [5.41, 5.74) is 7.09. The van der Waals surface area contributed by atoms with Gasteiger partial charge in [0, 0.05) is 28.2 Å². The van der Waals surface area contributed by atoms with Gasteiger partial charge in [-0.1, -0.05) is 49.1 Å². The highest BCUT2D eigenvalue weighted by Gasteiger charge is 2.26. The quantitative estimate of drug-likeness (QED) is 0.163. The normalized spacial score (nSPS) is 12.7. The number of halogens is 1. The molecular weight excluding hydrogens is 543 g/mol. The highest BCUT2D eigenvalue weighted by atomic mass is 19.1. The van der Waals surface area contributed by atoms with E-state index in [4.69, 9.17) is 9.47 Å². The van der Waals surface area contributed by atoms with Gasteiger partial charge in [-0.15, -0.1) is 0 Å². The lowest BCUT2D eigenvalue weighted by molar-refractivity contribution is 0.0917. The van der Waals surface area contributed by atoms with E-state index in [0.717, 1.165) is 51.6 Å². The van der Waals surface area contributed by atoms with Crippen LogP contribution in [0, 0.1) is 5.82 Å². The zero-order chi connectivity index (χ0) is 29.9. The van der Waals surface area contributed by atoms with E-state index in [2.05, 4.69) is 16.9 Å². The smallest absolute Gasteiger partial charge is 0.252 e. The van der Waals surface area contributed by atoms with Gasteiger partial charge in [0.2, 0.25) is 0 Å². The lowest BCUT2D eigenvalue weighted by Crippen LogP contribution is -2.39. The Morgan fingerprint density at radius 1 is 1.00 bits per heavy atom. The van der Waals surface area contributed by atoms with Gasteiger partial charge in [0.1, 0.15) is 12.4 Å². The number of ether oxygens (including phenoxy) is 2. The molecular formula is C36H33FN2O4. The number of benzene rings is 4. The van der Waals surface area contributed by atoms with Crippen molar-refractivity contribution in [2.24, 2.45) is 0 Å². The first-order chi connectivity index (χ1) is 21.0. The third-order valence-electron chi connectivity index (χ3n) is 8.05. The number of para-hydroxylation sites is 1. The maximum atomic E-state index is 15.2. The summed E-state index contributed by atoms with van der Waals surface area (Å²) in [6, 6.07) is 21.5. The number of carbonyl (C=O) groups excluding carboxylic acids is 1. The van der Waals surface area contributed by atoms with Gasteiger partial charge in [-0.05, 0) is 89.0 Å². The van der Waals surface area contributed by atoms with Crippen molar-refractivity contribution in [1.82, 2.24) is 10.3 Å². The molecule has 1 amide bonds. The van der Waals surface area contributed by atoms with E-state index >= 15 is 4.39 Å².